The molecule has 0 fully saturated rings. The van der Waals surface area contributed by atoms with Crippen molar-refractivity contribution in [2.45, 2.75) is 13.0 Å². The maximum absolute atomic E-state index is 11.2. The van der Waals surface area contributed by atoms with E-state index < -0.39 is 5.97 Å². The molecule has 0 unspecified atom stereocenters. The molecular weight excluding hydrogens is 282 g/mol. The van der Waals surface area contributed by atoms with Crippen LogP contribution < -0.4 is 9.47 Å². The van der Waals surface area contributed by atoms with Crippen molar-refractivity contribution >= 4 is 5.97 Å². The summed E-state index contributed by atoms with van der Waals surface area (Å²) in [5.74, 6) is -0.352. The van der Waals surface area contributed by atoms with E-state index in [4.69, 9.17) is 14.7 Å². The van der Waals surface area contributed by atoms with E-state index in [1.165, 1.54) is 13.2 Å². The van der Waals surface area contributed by atoms with Gasteiger partial charge >= 0.3 is 5.97 Å². The summed E-state index contributed by atoms with van der Waals surface area (Å²) in [5.41, 5.74) is 1.43. The molecule has 0 spiro atoms. The number of carboxylic acid groups (broad SMARTS) is 1. The van der Waals surface area contributed by atoms with Crippen LogP contribution in [0.2, 0.25) is 0 Å². The molecule has 2 aromatic carbocycles. The molecule has 0 aliphatic rings. The number of nitriles is 1. The number of aromatic carboxylic acids is 1. The molecule has 0 aliphatic heterocycles. The number of hydrogen-bond acceptors (Lipinski definition) is 4. The molecular formula is C17H15NO4. The van der Waals surface area contributed by atoms with Crippen LogP contribution in [-0.2, 0) is 13.0 Å². The van der Waals surface area contributed by atoms with Crippen LogP contribution in [0.3, 0.4) is 0 Å². The number of nitrogens with zero attached hydrogens (tertiary/aromatic N) is 1. The first kappa shape index (κ1) is 15.4. The number of ether oxygens (including phenoxy) is 2. The van der Waals surface area contributed by atoms with Crippen LogP contribution in [0.1, 0.15) is 21.5 Å². The maximum Gasteiger partial charge on any atom is 0.336 e. The quantitative estimate of drug-likeness (QED) is 0.886. The molecule has 0 saturated carbocycles. The highest BCUT2D eigenvalue weighted by atomic mass is 16.5. The molecule has 0 aromatic heterocycles. The molecule has 2 rings (SSSR count). The average Bonchev–Trinajstić information content (AvgIpc) is 2.54. The number of methoxy groups -OCH3 is 1. The summed E-state index contributed by atoms with van der Waals surface area (Å²) >= 11 is 0. The van der Waals surface area contributed by atoms with E-state index in [0.717, 1.165) is 5.56 Å². The van der Waals surface area contributed by atoms with Crippen molar-refractivity contribution in [1.82, 2.24) is 0 Å². The van der Waals surface area contributed by atoms with Gasteiger partial charge in [0.2, 0.25) is 0 Å². The molecule has 5 nitrogen and oxygen atoms in total. The van der Waals surface area contributed by atoms with Crippen molar-refractivity contribution in [3.05, 3.63) is 59.2 Å². The molecule has 2 aromatic rings. The summed E-state index contributed by atoms with van der Waals surface area (Å²) in [6.45, 7) is 0.329. The van der Waals surface area contributed by atoms with E-state index in [0.29, 0.717) is 23.7 Å². The second-order valence-electron chi connectivity index (χ2n) is 4.57. The Hall–Kier alpha value is -3.00. The van der Waals surface area contributed by atoms with Gasteiger partial charge in [-0.1, -0.05) is 30.3 Å². The molecule has 0 atom stereocenters. The van der Waals surface area contributed by atoms with Gasteiger partial charge in [0.15, 0.2) is 11.5 Å². The monoisotopic (exact) mass is 297 g/mol. The summed E-state index contributed by atoms with van der Waals surface area (Å²) in [6, 6.07) is 14.5. The maximum atomic E-state index is 11.2. The van der Waals surface area contributed by atoms with Gasteiger partial charge in [0, 0.05) is 0 Å². The van der Waals surface area contributed by atoms with Gasteiger partial charge in [-0.3, -0.25) is 0 Å². The lowest BCUT2D eigenvalue weighted by atomic mass is 10.0. The Bertz CT molecular complexity index is 705. The van der Waals surface area contributed by atoms with Crippen LogP contribution in [0, 0.1) is 11.3 Å². The van der Waals surface area contributed by atoms with Crippen LogP contribution in [-0.4, -0.2) is 18.2 Å². The Morgan fingerprint density at radius 3 is 2.55 bits per heavy atom. The zero-order valence-corrected chi connectivity index (χ0v) is 12.1. The third kappa shape index (κ3) is 3.55. The van der Waals surface area contributed by atoms with E-state index in [1.807, 2.05) is 36.4 Å². The summed E-state index contributed by atoms with van der Waals surface area (Å²) in [7, 11) is 1.44. The van der Waals surface area contributed by atoms with E-state index in [1.54, 1.807) is 6.07 Å². The normalized spacial score (nSPS) is 9.82. The van der Waals surface area contributed by atoms with E-state index >= 15 is 0 Å². The first-order valence-electron chi connectivity index (χ1n) is 6.63. The standard InChI is InChI=1S/C17H15NO4/c1-21-15-10-14(17(19)20)13(7-8-18)9-16(15)22-11-12-5-3-2-4-6-12/h2-6,9-10H,7,11H2,1H3,(H,19,20). The molecule has 0 radical (unpaired) electrons. The van der Waals surface area contributed by atoms with Crippen molar-refractivity contribution in [3.63, 3.8) is 0 Å². The summed E-state index contributed by atoms with van der Waals surface area (Å²) in [5, 5.41) is 18.0. The van der Waals surface area contributed by atoms with Gasteiger partial charge < -0.3 is 14.6 Å². The summed E-state index contributed by atoms with van der Waals surface area (Å²) < 4.78 is 10.9. The Morgan fingerprint density at radius 2 is 1.95 bits per heavy atom. The van der Waals surface area contributed by atoms with Gasteiger partial charge in [-0.25, -0.2) is 4.79 Å². The molecule has 0 amide bonds. The van der Waals surface area contributed by atoms with Gasteiger partial charge in [0.1, 0.15) is 6.61 Å². The lowest BCUT2D eigenvalue weighted by Crippen LogP contribution is -2.05. The molecule has 0 saturated heterocycles. The number of carboxylic acids is 1. The number of benzene rings is 2. The smallest absolute Gasteiger partial charge is 0.336 e. The van der Waals surface area contributed by atoms with Gasteiger partial charge in [0.05, 0.1) is 25.2 Å². The first-order valence-corrected chi connectivity index (χ1v) is 6.63. The highest BCUT2D eigenvalue weighted by Crippen LogP contribution is 2.32. The Balaban J connectivity index is 2.31. The van der Waals surface area contributed by atoms with Crippen LogP contribution in [0.5, 0.6) is 11.5 Å². The minimum absolute atomic E-state index is 0.00662. The minimum Gasteiger partial charge on any atom is -0.493 e. The van der Waals surface area contributed by atoms with Crippen LogP contribution >= 0.6 is 0 Å². The van der Waals surface area contributed by atoms with Gasteiger partial charge in [-0.15, -0.1) is 0 Å². The predicted molar refractivity (Wildman–Crippen MR) is 80.0 cm³/mol. The fourth-order valence-corrected chi connectivity index (χ4v) is 2.04. The lowest BCUT2D eigenvalue weighted by molar-refractivity contribution is 0.0695. The van der Waals surface area contributed by atoms with Crippen molar-refractivity contribution < 1.29 is 19.4 Å². The highest BCUT2D eigenvalue weighted by molar-refractivity contribution is 5.90. The third-order valence-electron chi connectivity index (χ3n) is 3.13. The predicted octanol–water partition coefficient (Wildman–Crippen LogP) is 3.04. The Labute approximate surface area is 128 Å². The van der Waals surface area contributed by atoms with Crippen LogP contribution in [0.4, 0.5) is 0 Å². The van der Waals surface area contributed by atoms with Crippen LogP contribution in [0.25, 0.3) is 0 Å². The first-order chi connectivity index (χ1) is 10.7. The molecule has 112 valence electrons. The van der Waals surface area contributed by atoms with Crippen molar-refractivity contribution in [1.29, 1.82) is 5.26 Å². The average molecular weight is 297 g/mol. The molecule has 0 aliphatic carbocycles. The van der Waals surface area contributed by atoms with Gasteiger partial charge in [-0.2, -0.15) is 5.26 Å². The topological polar surface area (TPSA) is 79.5 Å². The number of hydrogen-bond donors (Lipinski definition) is 1. The molecule has 0 bridgehead atoms. The Morgan fingerprint density at radius 1 is 1.23 bits per heavy atom. The second kappa shape index (κ2) is 7.14. The zero-order valence-electron chi connectivity index (χ0n) is 12.1. The van der Waals surface area contributed by atoms with Crippen LogP contribution in [0.15, 0.2) is 42.5 Å². The zero-order chi connectivity index (χ0) is 15.9. The Kier molecular flexibility index (Phi) is 4.99. The van der Waals surface area contributed by atoms with Gasteiger partial charge in [0.25, 0.3) is 0 Å². The fourth-order valence-electron chi connectivity index (χ4n) is 2.04. The lowest BCUT2D eigenvalue weighted by Gasteiger charge is -2.13. The number of carbonyl (C=O) groups is 1. The van der Waals surface area contributed by atoms with Crippen molar-refractivity contribution in [2.75, 3.05) is 7.11 Å². The highest BCUT2D eigenvalue weighted by Gasteiger charge is 2.16. The largest absolute Gasteiger partial charge is 0.493 e. The number of rotatable bonds is 6. The summed E-state index contributed by atoms with van der Waals surface area (Å²) in [4.78, 5) is 11.2. The second-order valence-corrected chi connectivity index (χ2v) is 4.57. The molecule has 22 heavy (non-hydrogen) atoms. The third-order valence-corrected chi connectivity index (χ3v) is 3.13. The minimum atomic E-state index is -1.10. The van der Waals surface area contributed by atoms with Crippen molar-refractivity contribution in [3.8, 4) is 17.6 Å². The molecule has 1 N–H and O–H groups in total. The van der Waals surface area contributed by atoms with E-state index in [2.05, 4.69) is 0 Å². The van der Waals surface area contributed by atoms with Gasteiger partial charge in [-0.05, 0) is 23.3 Å². The molecule has 5 heteroatoms. The fraction of sp³-hybridized carbons (Fsp3) is 0.176. The van der Waals surface area contributed by atoms with E-state index in [9.17, 15) is 9.90 Å². The molecule has 0 heterocycles. The SMILES string of the molecule is COc1cc(C(=O)O)c(CC#N)cc1OCc1ccccc1. The van der Waals surface area contributed by atoms with Crippen molar-refractivity contribution in [2.24, 2.45) is 0 Å². The van der Waals surface area contributed by atoms with E-state index in [-0.39, 0.29) is 12.0 Å². The summed E-state index contributed by atoms with van der Waals surface area (Å²) in [6.07, 6.45) is -0.00662.